The third-order valence-electron chi connectivity index (χ3n) is 4.97. The number of primary sulfonamides is 1. The van der Waals surface area contributed by atoms with Gasteiger partial charge in [-0.15, -0.1) is 0 Å². The average Bonchev–Trinajstić information content (AvgIpc) is 2.97. The highest BCUT2D eigenvalue weighted by Crippen LogP contribution is 2.25. The molecule has 2 aliphatic heterocycles. The van der Waals surface area contributed by atoms with E-state index in [4.69, 9.17) is 9.88 Å². The second-order valence-corrected chi connectivity index (χ2v) is 8.74. The van der Waals surface area contributed by atoms with Gasteiger partial charge in [-0.25, -0.2) is 13.6 Å². The lowest BCUT2D eigenvalue weighted by Gasteiger charge is -2.29. The van der Waals surface area contributed by atoms with Crippen LogP contribution in [0.2, 0.25) is 0 Å². The van der Waals surface area contributed by atoms with Crippen LogP contribution in [0.15, 0.2) is 30.3 Å². The maximum absolute atomic E-state index is 12.6. The summed E-state index contributed by atoms with van der Waals surface area (Å²) in [4.78, 5) is 28.5. The second kappa shape index (κ2) is 8.37. The molecule has 1 aromatic rings. The maximum Gasteiger partial charge on any atom is 0.225 e. The summed E-state index contributed by atoms with van der Waals surface area (Å²) in [5.74, 6) is -0.327. The van der Waals surface area contributed by atoms with E-state index in [-0.39, 0.29) is 42.6 Å². The topological polar surface area (TPSA) is 110 Å². The molecule has 2 aliphatic rings. The molecule has 0 aromatic heterocycles. The Morgan fingerprint density at radius 1 is 1.22 bits per heavy atom. The third kappa shape index (κ3) is 5.27. The molecule has 27 heavy (non-hydrogen) atoms. The molecule has 0 radical (unpaired) electrons. The number of sulfonamides is 1. The summed E-state index contributed by atoms with van der Waals surface area (Å²) in [6.45, 7) is 1.64. The van der Waals surface area contributed by atoms with E-state index in [1.54, 1.807) is 4.90 Å². The maximum atomic E-state index is 12.6. The monoisotopic (exact) mass is 395 g/mol. The average molecular weight is 395 g/mol. The molecule has 1 aromatic carbocycles. The number of nitrogens with two attached hydrogens (primary N) is 1. The first-order valence-electron chi connectivity index (χ1n) is 9.07. The van der Waals surface area contributed by atoms with E-state index < -0.39 is 10.0 Å². The second-order valence-electron chi connectivity index (χ2n) is 7.00. The Morgan fingerprint density at radius 2 is 1.96 bits per heavy atom. The van der Waals surface area contributed by atoms with Crippen molar-refractivity contribution in [3.8, 4) is 0 Å². The number of amides is 2. The molecule has 2 heterocycles. The van der Waals surface area contributed by atoms with Crippen LogP contribution in [-0.4, -0.2) is 67.6 Å². The van der Waals surface area contributed by atoms with Gasteiger partial charge in [0.2, 0.25) is 21.8 Å². The van der Waals surface area contributed by atoms with Gasteiger partial charge in [-0.3, -0.25) is 9.59 Å². The largest absolute Gasteiger partial charge is 0.374 e. The van der Waals surface area contributed by atoms with Gasteiger partial charge in [0.15, 0.2) is 0 Å². The molecule has 0 saturated carbocycles. The highest BCUT2D eigenvalue weighted by Gasteiger charge is 2.42. The number of likely N-dealkylation sites (tertiary alicyclic amines) is 1. The van der Waals surface area contributed by atoms with Crippen molar-refractivity contribution in [1.82, 2.24) is 9.80 Å². The van der Waals surface area contributed by atoms with E-state index in [1.165, 1.54) is 0 Å². The minimum Gasteiger partial charge on any atom is -0.374 e. The van der Waals surface area contributed by atoms with E-state index >= 15 is 0 Å². The van der Waals surface area contributed by atoms with Gasteiger partial charge < -0.3 is 14.5 Å². The quantitative estimate of drug-likeness (QED) is 0.734. The third-order valence-corrected chi connectivity index (χ3v) is 5.83. The fourth-order valence-corrected chi connectivity index (χ4v) is 4.16. The van der Waals surface area contributed by atoms with E-state index in [0.29, 0.717) is 32.7 Å². The molecule has 2 atom stereocenters. The fraction of sp³-hybridized carbons (Fsp3) is 0.556. The molecule has 0 aliphatic carbocycles. The van der Waals surface area contributed by atoms with Crippen molar-refractivity contribution < 1.29 is 22.7 Å². The number of ether oxygens (including phenoxy) is 1. The Kier molecular flexibility index (Phi) is 6.13. The highest BCUT2D eigenvalue weighted by atomic mass is 32.2. The summed E-state index contributed by atoms with van der Waals surface area (Å²) >= 11 is 0. The number of fused-ring (bicyclic) bond motifs is 1. The van der Waals surface area contributed by atoms with E-state index in [0.717, 1.165) is 5.56 Å². The van der Waals surface area contributed by atoms with Gasteiger partial charge in [-0.1, -0.05) is 30.3 Å². The number of hydrogen-bond donors (Lipinski definition) is 1. The van der Waals surface area contributed by atoms with Crippen LogP contribution in [0.1, 0.15) is 24.8 Å². The highest BCUT2D eigenvalue weighted by molar-refractivity contribution is 7.89. The summed E-state index contributed by atoms with van der Waals surface area (Å²) in [7, 11) is -3.57. The lowest BCUT2D eigenvalue weighted by molar-refractivity contribution is -0.135. The van der Waals surface area contributed by atoms with E-state index in [9.17, 15) is 18.0 Å². The molecule has 8 nitrogen and oxygen atoms in total. The number of rotatable bonds is 6. The van der Waals surface area contributed by atoms with Crippen LogP contribution in [0.4, 0.5) is 0 Å². The normalized spacial score (nSPS) is 23.2. The molecule has 0 unspecified atom stereocenters. The van der Waals surface area contributed by atoms with Crippen LogP contribution in [-0.2, 0) is 30.9 Å². The number of benzene rings is 1. The summed E-state index contributed by atoms with van der Waals surface area (Å²) in [6.07, 6.45) is 0.420. The molecule has 2 fully saturated rings. The minimum atomic E-state index is -3.57. The lowest BCUT2D eigenvalue weighted by Crippen LogP contribution is -2.45. The Balaban J connectivity index is 1.65. The molecule has 9 heteroatoms. The minimum absolute atomic E-state index is 0.0230. The van der Waals surface area contributed by atoms with Gasteiger partial charge in [0.05, 0.1) is 30.9 Å². The van der Waals surface area contributed by atoms with Crippen molar-refractivity contribution in [3.63, 3.8) is 0 Å². The van der Waals surface area contributed by atoms with Crippen LogP contribution in [0.5, 0.6) is 0 Å². The predicted molar refractivity (Wildman–Crippen MR) is 98.9 cm³/mol. The number of nitrogens with zero attached hydrogens (tertiary/aromatic N) is 2. The molecular formula is C18H25N3O5S. The first-order valence-corrected chi connectivity index (χ1v) is 10.8. The Morgan fingerprint density at radius 3 is 2.67 bits per heavy atom. The standard InChI is InChI=1S/C18H25N3O5S/c19-27(24,25)10-4-7-17(22)20-12-15-16(13-20)26-9-8-18(23)21(15)11-14-5-2-1-3-6-14/h1-3,5-6,15-16H,4,7-13H2,(H2,19,24,25)/t15-,16-/m0/s1. The van der Waals surface area contributed by atoms with E-state index in [2.05, 4.69) is 0 Å². The molecule has 0 spiro atoms. The van der Waals surface area contributed by atoms with Gasteiger partial charge in [0, 0.05) is 26.1 Å². The predicted octanol–water partition coefficient (Wildman–Crippen LogP) is 0.0836. The van der Waals surface area contributed by atoms with Crippen LogP contribution < -0.4 is 5.14 Å². The molecular weight excluding hydrogens is 370 g/mol. The molecule has 2 amide bonds. The van der Waals surface area contributed by atoms with Crippen LogP contribution >= 0.6 is 0 Å². The zero-order chi connectivity index (χ0) is 19.4. The first kappa shape index (κ1) is 19.8. The van der Waals surface area contributed by atoms with Crippen molar-refractivity contribution in [2.75, 3.05) is 25.4 Å². The van der Waals surface area contributed by atoms with Gasteiger partial charge in [-0.05, 0) is 12.0 Å². The van der Waals surface area contributed by atoms with Crippen molar-refractivity contribution in [3.05, 3.63) is 35.9 Å². The lowest BCUT2D eigenvalue weighted by atomic mass is 10.1. The summed E-state index contributed by atoms with van der Waals surface area (Å²) in [6, 6.07) is 9.54. The zero-order valence-corrected chi connectivity index (χ0v) is 15.9. The smallest absolute Gasteiger partial charge is 0.225 e. The number of carbonyl (C=O) groups excluding carboxylic acids is 2. The molecule has 3 rings (SSSR count). The van der Waals surface area contributed by atoms with Crippen molar-refractivity contribution >= 4 is 21.8 Å². The Labute approximate surface area is 159 Å². The summed E-state index contributed by atoms with van der Waals surface area (Å²) in [5, 5.41) is 4.98. The first-order chi connectivity index (χ1) is 12.8. The fourth-order valence-electron chi connectivity index (χ4n) is 3.62. The molecule has 148 valence electrons. The number of hydrogen-bond acceptors (Lipinski definition) is 5. The Bertz CT molecular complexity index is 783. The van der Waals surface area contributed by atoms with Gasteiger partial charge in [0.1, 0.15) is 0 Å². The molecule has 2 N–H and O–H groups in total. The molecule has 0 bridgehead atoms. The summed E-state index contributed by atoms with van der Waals surface area (Å²) < 4.78 is 27.9. The van der Waals surface area contributed by atoms with Crippen LogP contribution in [0.25, 0.3) is 0 Å². The van der Waals surface area contributed by atoms with Crippen molar-refractivity contribution in [1.29, 1.82) is 0 Å². The molecule has 2 saturated heterocycles. The van der Waals surface area contributed by atoms with Crippen LogP contribution in [0, 0.1) is 0 Å². The van der Waals surface area contributed by atoms with Gasteiger partial charge in [0.25, 0.3) is 0 Å². The SMILES string of the molecule is NS(=O)(=O)CCCC(=O)N1C[C@@H]2OCCC(=O)N(Cc3ccccc3)[C@H]2C1. The van der Waals surface area contributed by atoms with Crippen molar-refractivity contribution in [2.45, 2.75) is 38.0 Å². The Hall–Kier alpha value is -1.97. The van der Waals surface area contributed by atoms with Gasteiger partial charge >= 0.3 is 0 Å². The van der Waals surface area contributed by atoms with Gasteiger partial charge in [-0.2, -0.15) is 0 Å². The van der Waals surface area contributed by atoms with E-state index in [1.807, 2.05) is 35.2 Å². The summed E-state index contributed by atoms with van der Waals surface area (Å²) in [5.41, 5.74) is 1.03. The van der Waals surface area contributed by atoms with Crippen molar-refractivity contribution in [2.24, 2.45) is 5.14 Å². The van der Waals surface area contributed by atoms with Crippen LogP contribution in [0.3, 0.4) is 0 Å². The zero-order valence-electron chi connectivity index (χ0n) is 15.1. The number of carbonyl (C=O) groups is 2.